The Morgan fingerprint density at radius 2 is 1.79 bits per heavy atom. The first kappa shape index (κ1) is 18.7. The Kier molecular flexibility index (Phi) is 11.3. The molecule has 0 spiro atoms. The smallest absolute Gasteiger partial charge is 0.223 e. The molecule has 1 aliphatic heterocycles. The first-order chi connectivity index (χ1) is 8.77. The average Bonchev–Trinajstić information content (AvgIpc) is 2.39. The monoisotopic (exact) mass is 291 g/mol. The van der Waals surface area contributed by atoms with Gasteiger partial charge in [0.2, 0.25) is 5.91 Å². The molecular formula is C14H28ClN2O2-. The van der Waals surface area contributed by atoms with Crippen LogP contribution in [0.5, 0.6) is 0 Å². The molecule has 0 unspecified atom stereocenters. The minimum atomic E-state index is 0. The largest absolute Gasteiger partial charge is 1.00 e. The Hall–Kier alpha value is -0.320. The summed E-state index contributed by atoms with van der Waals surface area (Å²) in [5, 5.41) is 3.08. The number of nitrogens with one attached hydrogen (secondary N) is 1. The van der Waals surface area contributed by atoms with Crippen molar-refractivity contribution in [2.75, 3.05) is 39.4 Å². The van der Waals surface area contributed by atoms with Crippen molar-refractivity contribution in [1.82, 2.24) is 10.2 Å². The number of morpholine rings is 1. The fourth-order valence-corrected chi connectivity index (χ4v) is 2.41. The van der Waals surface area contributed by atoms with Gasteiger partial charge in [0.25, 0.3) is 0 Å². The molecule has 114 valence electrons. The van der Waals surface area contributed by atoms with Crippen molar-refractivity contribution in [1.29, 1.82) is 0 Å². The number of carbonyl (C=O) groups excluding carboxylic acids is 1. The number of nitrogens with zero attached hydrogens (tertiary/aromatic N) is 1. The van der Waals surface area contributed by atoms with E-state index in [0.717, 1.165) is 65.1 Å². The van der Waals surface area contributed by atoms with Crippen LogP contribution in [0, 0.1) is 5.92 Å². The zero-order valence-corrected chi connectivity index (χ0v) is 13.0. The van der Waals surface area contributed by atoms with E-state index >= 15 is 0 Å². The van der Waals surface area contributed by atoms with Crippen LogP contribution in [-0.2, 0) is 9.53 Å². The molecule has 4 nitrogen and oxygen atoms in total. The number of hydrogen-bond donors (Lipinski definition) is 1. The summed E-state index contributed by atoms with van der Waals surface area (Å²) in [6.45, 7) is 9.62. The van der Waals surface area contributed by atoms with E-state index in [1.165, 1.54) is 0 Å². The maximum Gasteiger partial charge on any atom is 0.223 e. The van der Waals surface area contributed by atoms with Gasteiger partial charge in [0, 0.05) is 32.1 Å². The van der Waals surface area contributed by atoms with Gasteiger partial charge in [-0.05, 0) is 12.8 Å². The number of carbonyl (C=O) groups is 1. The Morgan fingerprint density at radius 1 is 1.21 bits per heavy atom. The number of halogens is 1. The summed E-state index contributed by atoms with van der Waals surface area (Å²) in [5.41, 5.74) is 0. The van der Waals surface area contributed by atoms with Crippen LogP contribution in [0.4, 0.5) is 0 Å². The minimum Gasteiger partial charge on any atom is -1.00 e. The lowest BCUT2D eigenvalue weighted by molar-refractivity contribution is -0.125. The molecule has 1 saturated heterocycles. The molecule has 0 bridgehead atoms. The highest BCUT2D eigenvalue weighted by Crippen LogP contribution is 2.13. The van der Waals surface area contributed by atoms with Crippen LogP contribution in [0.1, 0.15) is 39.5 Å². The van der Waals surface area contributed by atoms with Gasteiger partial charge in [-0.1, -0.05) is 26.7 Å². The van der Waals surface area contributed by atoms with E-state index in [4.69, 9.17) is 4.74 Å². The van der Waals surface area contributed by atoms with E-state index in [0.29, 0.717) is 0 Å². The summed E-state index contributed by atoms with van der Waals surface area (Å²) in [4.78, 5) is 14.4. The Labute approximate surface area is 123 Å². The van der Waals surface area contributed by atoms with Crippen molar-refractivity contribution >= 4 is 5.91 Å². The summed E-state index contributed by atoms with van der Waals surface area (Å²) in [6.07, 6.45) is 4.19. The number of ether oxygens (including phenoxy) is 1. The van der Waals surface area contributed by atoms with Crippen LogP contribution in [-0.4, -0.2) is 50.2 Å². The third kappa shape index (κ3) is 7.75. The zero-order chi connectivity index (χ0) is 13.2. The second kappa shape index (κ2) is 11.5. The molecule has 1 amide bonds. The summed E-state index contributed by atoms with van der Waals surface area (Å²) in [7, 11) is 0. The average molecular weight is 292 g/mol. The maximum absolute atomic E-state index is 12.0. The molecule has 1 N–H and O–H groups in total. The Bertz CT molecular complexity index is 227. The molecule has 0 radical (unpaired) electrons. The van der Waals surface area contributed by atoms with Gasteiger partial charge >= 0.3 is 0 Å². The molecule has 1 fully saturated rings. The van der Waals surface area contributed by atoms with E-state index in [1.54, 1.807) is 0 Å². The molecule has 0 aromatic rings. The molecule has 1 rings (SSSR count). The summed E-state index contributed by atoms with van der Waals surface area (Å²) in [6, 6.07) is 0. The van der Waals surface area contributed by atoms with Crippen molar-refractivity contribution in [3.63, 3.8) is 0 Å². The summed E-state index contributed by atoms with van der Waals surface area (Å²) < 4.78 is 5.30. The Morgan fingerprint density at radius 3 is 2.32 bits per heavy atom. The van der Waals surface area contributed by atoms with Gasteiger partial charge in [-0.15, -0.1) is 0 Å². The van der Waals surface area contributed by atoms with Crippen molar-refractivity contribution < 1.29 is 21.9 Å². The van der Waals surface area contributed by atoms with Gasteiger partial charge < -0.3 is 22.5 Å². The normalized spacial score (nSPS) is 16.2. The number of amides is 1. The first-order valence-electron chi connectivity index (χ1n) is 7.35. The van der Waals surface area contributed by atoms with Gasteiger partial charge in [0.05, 0.1) is 13.2 Å². The van der Waals surface area contributed by atoms with Crippen molar-refractivity contribution in [2.45, 2.75) is 39.5 Å². The first-order valence-corrected chi connectivity index (χ1v) is 7.35. The predicted octanol–water partition coefficient (Wildman–Crippen LogP) is -1.34. The van der Waals surface area contributed by atoms with Crippen molar-refractivity contribution in [3.05, 3.63) is 0 Å². The van der Waals surface area contributed by atoms with Gasteiger partial charge in [0.15, 0.2) is 0 Å². The van der Waals surface area contributed by atoms with E-state index in [9.17, 15) is 4.79 Å². The standard InChI is InChI=1S/C14H28N2O2.ClH/c1-3-5-13(6-4-2)14(17)15-7-8-16-9-11-18-12-10-16;/h13H,3-12H2,1-2H3,(H,15,17);1H/p-1. The van der Waals surface area contributed by atoms with Crippen molar-refractivity contribution in [3.8, 4) is 0 Å². The van der Waals surface area contributed by atoms with Crippen LogP contribution in [0.2, 0.25) is 0 Å². The molecule has 1 heterocycles. The lowest BCUT2D eigenvalue weighted by Gasteiger charge is -2.26. The SMILES string of the molecule is CCCC(CCC)C(=O)NCCN1CCOCC1.[Cl-]. The number of rotatable bonds is 8. The topological polar surface area (TPSA) is 41.6 Å². The van der Waals surface area contributed by atoms with E-state index in [2.05, 4.69) is 24.1 Å². The van der Waals surface area contributed by atoms with E-state index in [-0.39, 0.29) is 24.2 Å². The molecule has 1 aliphatic rings. The molecule has 0 aromatic heterocycles. The second-order valence-corrected chi connectivity index (χ2v) is 5.02. The second-order valence-electron chi connectivity index (χ2n) is 5.02. The third-order valence-corrected chi connectivity index (χ3v) is 3.48. The summed E-state index contributed by atoms with van der Waals surface area (Å²) >= 11 is 0. The van der Waals surface area contributed by atoms with Gasteiger partial charge in [-0.2, -0.15) is 0 Å². The van der Waals surface area contributed by atoms with Crippen LogP contribution >= 0.6 is 0 Å². The molecule has 0 atom stereocenters. The van der Waals surface area contributed by atoms with Crippen LogP contribution in [0.3, 0.4) is 0 Å². The zero-order valence-electron chi connectivity index (χ0n) is 12.3. The van der Waals surface area contributed by atoms with Crippen LogP contribution in [0.25, 0.3) is 0 Å². The number of hydrogen-bond acceptors (Lipinski definition) is 3. The lowest BCUT2D eigenvalue weighted by atomic mass is 9.97. The molecule has 0 aliphatic carbocycles. The van der Waals surface area contributed by atoms with Crippen LogP contribution < -0.4 is 17.7 Å². The predicted molar refractivity (Wildman–Crippen MR) is 73.6 cm³/mol. The summed E-state index contributed by atoms with van der Waals surface area (Å²) in [5.74, 6) is 0.455. The maximum atomic E-state index is 12.0. The molecule has 19 heavy (non-hydrogen) atoms. The molecular weight excluding hydrogens is 264 g/mol. The fraction of sp³-hybridized carbons (Fsp3) is 0.929. The highest BCUT2D eigenvalue weighted by Gasteiger charge is 2.16. The van der Waals surface area contributed by atoms with E-state index < -0.39 is 0 Å². The van der Waals surface area contributed by atoms with Gasteiger partial charge in [-0.3, -0.25) is 9.69 Å². The van der Waals surface area contributed by atoms with Gasteiger partial charge in [0.1, 0.15) is 0 Å². The quantitative estimate of drug-likeness (QED) is 0.602. The lowest BCUT2D eigenvalue weighted by Crippen LogP contribution is -3.00. The minimum absolute atomic E-state index is 0. The Balaban J connectivity index is 0.00000324. The van der Waals surface area contributed by atoms with Gasteiger partial charge in [-0.25, -0.2) is 0 Å². The van der Waals surface area contributed by atoms with Crippen molar-refractivity contribution in [2.24, 2.45) is 5.92 Å². The highest BCUT2D eigenvalue weighted by atomic mass is 35.5. The molecule has 0 aromatic carbocycles. The highest BCUT2D eigenvalue weighted by molar-refractivity contribution is 5.78. The molecule has 5 heteroatoms. The fourth-order valence-electron chi connectivity index (χ4n) is 2.41. The third-order valence-electron chi connectivity index (χ3n) is 3.48. The molecule has 0 saturated carbocycles. The van der Waals surface area contributed by atoms with Crippen LogP contribution in [0.15, 0.2) is 0 Å². The van der Waals surface area contributed by atoms with E-state index in [1.807, 2.05) is 0 Å².